The molecule has 4 atom stereocenters. The molecule has 0 N–H and O–H groups in total. The Morgan fingerprint density at radius 3 is 2.45 bits per heavy atom. The van der Waals surface area contributed by atoms with Crippen LogP contribution in [0.5, 0.6) is 0 Å². The molecule has 5 nitrogen and oxygen atoms in total. The molecule has 0 bridgehead atoms. The zero-order chi connectivity index (χ0) is 16.7. The molecule has 0 amide bonds. The molecule has 1 saturated heterocycles. The molecule has 0 aromatic rings. The van der Waals surface area contributed by atoms with Gasteiger partial charge in [-0.25, -0.2) is 4.67 Å². The first-order valence-electron chi connectivity index (χ1n) is 8.31. The van der Waals surface area contributed by atoms with Crippen LogP contribution in [-0.4, -0.2) is 41.7 Å². The lowest BCUT2D eigenvalue weighted by Crippen LogP contribution is -2.35. The molecule has 1 fully saturated rings. The number of ether oxygens (including phenoxy) is 1. The van der Waals surface area contributed by atoms with E-state index in [0.717, 1.165) is 12.8 Å². The van der Waals surface area contributed by atoms with Crippen molar-refractivity contribution in [3.05, 3.63) is 0 Å². The summed E-state index contributed by atoms with van der Waals surface area (Å²) >= 11 is 0. The smallest absolute Gasteiger partial charge is 0.259 e. The van der Waals surface area contributed by atoms with Crippen LogP contribution in [0, 0.1) is 11.3 Å². The highest BCUT2D eigenvalue weighted by atomic mass is 31.2. The van der Waals surface area contributed by atoms with Crippen molar-refractivity contribution in [3.8, 4) is 6.07 Å². The largest absolute Gasteiger partial charge is 0.372 e. The van der Waals surface area contributed by atoms with E-state index < -0.39 is 8.53 Å². The van der Waals surface area contributed by atoms with Crippen molar-refractivity contribution in [3.63, 3.8) is 0 Å². The second-order valence-electron chi connectivity index (χ2n) is 6.32. The molecule has 22 heavy (non-hydrogen) atoms. The first-order valence-corrected chi connectivity index (χ1v) is 9.44. The van der Waals surface area contributed by atoms with Crippen molar-refractivity contribution >= 4 is 8.53 Å². The average molecular weight is 330 g/mol. The number of hydrogen-bond donors (Lipinski definition) is 0. The maximum absolute atomic E-state index is 8.74. The number of nitrogens with zero attached hydrogens (tertiary/aromatic N) is 2. The molecular formula is C16H31N2O3P. The van der Waals surface area contributed by atoms with Gasteiger partial charge in [0.2, 0.25) is 0 Å². The van der Waals surface area contributed by atoms with Crippen LogP contribution in [-0.2, 0) is 13.8 Å². The van der Waals surface area contributed by atoms with Crippen molar-refractivity contribution < 1.29 is 13.8 Å². The normalized spacial score (nSPS) is 26.8. The standard InChI is InChI=1S/C16H31N2O3P/c1-7-15-16(11-14(6)20-15)21-22(19-10-8-9-17)18(12(2)3)13(4)5/h12-16H,7-8,10-11H2,1-6H3/t14?,15?,16-,22?/m1/s1. The van der Waals surface area contributed by atoms with Gasteiger partial charge in [0, 0.05) is 18.5 Å². The monoisotopic (exact) mass is 330 g/mol. The van der Waals surface area contributed by atoms with Gasteiger partial charge in [0.25, 0.3) is 8.53 Å². The topological polar surface area (TPSA) is 54.7 Å². The highest BCUT2D eigenvalue weighted by molar-refractivity contribution is 7.44. The summed E-state index contributed by atoms with van der Waals surface area (Å²) in [6.07, 6.45) is 2.69. The van der Waals surface area contributed by atoms with E-state index in [-0.39, 0.29) is 18.3 Å². The highest BCUT2D eigenvalue weighted by Crippen LogP contribution is 2.49. The molecule has 0 aliphatic carbocycles. The van der Waals surface area contributed by atoms with Gasteiger partial charge in [-0.3, -0.25) is 0 Å². The number of nitriles is 1. The van der Waals surface area contributed by atoms with Crippen molar-refractivity contribution in [2.45, 2.75) is 91.2 Å². The van der Waals surface area contributed by atoms with E-state index in [9.17, 15) is 0 Å². The van der Waals surface area contributed by atoms with Gasteiger partial charge in [-0.05, 0) is 41.0 Å². The van der Waals surface area contributed by atoms with E-state index in [2.05, 4.69) is 52.3 Å². The summed E-state index contributed by atoms with van der Waals surface area (Å²) in [6.45, 7) is 13.2. The predicted molar refractivity (Wildman–Crippen MR) is 89.3 cm³/mol. The SMILES string of the molecule is CCC1OC(C)C[C@H]1OP(OCCC#N)N(C(C)C)C(C)C. The number of rotatable bonds is 9. The van der Waals surface area contributed by atoms with E-state index in [1.54, 1.807) is 0 Å². The zero-order valence-electron chi connectivity index (χ0n) is 14.8. The van der Waals surface area contributed by atoms with Gasteiger partial charge in [-0.1, -0.05) is 6.92 Å². The molecule has 1 aliphatic rings. The molecule has 3 unspecified atom stereocenters. The molecule has 0 radical (unpaired) electrons. The molecule has 0 aromatic heterocycles. The fourth-order valence-corrected chi connectivity index (χ4v) is 4.56. The maximum atomic E-state index is 8.74. The lowest BCUT2D eigenvalue weighted by atomic mass is 10.1. The molecule has 1 aliphatic heterocycles. The average Bonchev–Trinajstić information content (AvgIpc) is 2.78. The Hall–Kier alpha value is -0.240. The molecule has 1 rings (SSSR count). The van der Waals surface area contributed by atoms with Crippen LogP contribution in [0.1, 0.15) is 60.8 Å². The molecule has 0 spiro atoms. The van der Waals surface area contributed by atoms with Gasteiger partial charge in [-0.2, -0.15) is 5.26 Å². The van der Waals surface area contributed by atoms with E-state index in [0.29, 0.717) is 25.1 Å². The van der Waals surface area contributed by atoms with Gasteiger partial charge in [-0.15, -0.1) is 0 Å². The Morgan fingerprint density at radius 1 is 1.32 bits per heavy atom. The van der Waals surface area contributed by atoms with Crippen LogP contribution in [0.15, 0.2) is 0 Å². The zero-order valence-corrected chi connectivity index (χ0v) is 15.7. The van der Waals surface area contributed by atoms with Gasteiger partial charge in [0.15, 0.2) is 0 Å². The van der Waals surface area contributed by atoms with Gasteiger partial charge >= 0.3 is 0 Å². The fraction of sp³-hybridized carbons (Fsp3) is 0.938. The second-order valence-corrected chi connectivity index (χ2v) is 7.73. The third kappa shape index (κ3) is 5.76. The van der Waals surface area contributed by atoms with Crippen LogP contribution in [0.25, 0.3) is 0 Å². The summed E-state index contributed by atoms with van der Waals surface area (Å²) in [5.74, 6) is 0. The van der Waals surface area contributed by atoms with Crippen molar-refractivity contribution in [1.29, 1.82) is 5.26 Å². The van der Waals surface area contributed by atoms with Gasteiger partial charge in [0.1, 0.15) is 0 Å². The summed E-state index contributed by atoms with van der Waals surface area (Å²) in [5, 5.41) is 8.74. The second kappa shape index (κ2) is 9.80. The van der Waals surface area contributed by atoms with E-state index in [1.807, 2.05) is 0 Å². The fourth-order valence-electron chi connectivity index (χ4n) is 2.80. The van der Waals surface area contributed by atoms with Crippen LogP contribution in [0.2, 0.25) is 0 Å². The Morgan fingerprint density at radius 2 is 1.95 bits per heavy atom. The molecule has 0 aromatic carbocycles. The van der Waals surface area contributed by atoms with Crippen molar-refractivity contribution in [2.24, 2.45) is 0 Å². The minimum Gasteiger partial charge on any atom is -0.372 e. The lowest BCUT2D eigenvalue weighted by molar-refractivity contribution is 0.0162. The third-order valence-corrected chi connectivity index (χ3v) is 5.83. The van der Waals surface area contributed by atoms with Crippen molar-refractivity contribution in [2.75, 3.05) is 6.61 Å². The highest BCUT2D eigenvalue weighted by Gasteiger charge is 2.37. The Balaban J connectivity index is 2.78. The quantitative estimate of drug-likeness (QED) is 0.467. The summed E-state index contributed by atoms with van der Waals surface area (Å²) in [7, 11) is -1.17. The van der Waals surface area contributed by atoms with Crippen molar-refractivity contribution in [1.82, 2.24) is 4.67 Å². The van der Waals surface area contributed by atoms with Gasteiger partial charge < -0.3 is 13.8 Å². The molecular weight excluding hydrogens is 299 g/mol. The van der Waals surface area contributed by atoms with Crippen LogP contribution < -0.4 is 0 Å². The van der Waals surface area contributed by atoms with E-state index in [4.69, 9.17) is 19.0 Å². The maximum Gasteiger partial charge on any atom is 0.259 e. The van der Waals surface area contributed by atoms with E-state index in [1.165, 1.54) is 0 Å². The van der Waals surface area contributed by atoms with Crippen LogP contribution in [0.3, 0.4) is 0 Å². The Labute approximate surface area is 136 Å². The Bertz CT molecular complexity index is 352. The molecule has 1 heterocycles. The third-order valence-electron chi connectivity index (χ3n) is 3.68. The lowest BCUT2D eigenvalue weighted by Gasteiger charge is -2.37. The van der Waals surface area contributed by atoms with Gasteiger partial charge in [0.05, 0.1) is 37.4 Å². The van der Waals surface area contributed by atoms with E-state index >= 15 is 0 Å². The predicted octanol–water partition coefficient (Wildman–Crippen LogP) is 4.23. The minimum atomic E-state index is -1.17. The molecule has 0 saturated carbocycles. The first kappa shape index (κ1) is 19.8. The Kier molecular flexibility index (Phi) is 8.82. The molecule has 128 valence electrons. The first-order chi connectivity index (χ1) is 10.4. The summed E-state index contributed by atoms with van der Waals surface area (Å²) in [5.41, 5.74) is 0. The van der Waals surface area contributed by atoms with Crippen LogP contribution >= 0.6 is 8.53 Å². The minimum absolute atomic E-state index is 0.0770. The summed E-state index contributed by atoms with van der Waals surface area (Å²) < 4.78 is 20.5. The number of hydrogen-bond acceptors (Lipinski definition) is 5. The van der Waals surface area contributed by atoms with Crippen LogP contribution in [0.4, 0.5) is 0 Å². The summed E-state index contributed by atoms with van der Waals surface area (Å²) in [6, 6.07) is 2.78. The summed E-state index contributed by atoms with van der Waals surface area (Å²) in [4.78, 5) is 0. The molecule has 6 heteroatoms.